The Morgan fingerprint density at radius 3 is 0.750 bits per heavy atom. The molecule has 0 aromatic rings. The Morgan fingerprint density at radius 1 is 0.750 bits per heavy atom. The van der Waals surface area contributed by atoms with Gasteiger partial charge in [0.05, 0.1) is 0 Å². The molecule has 0 aromatic carbocycles. The molecule has 4 heavy (non-hydrogen) atoms. The zero-order valence-electron chi connectivity index (χ0n) is 0.955. The maximum absolute atomic E-state index is 0. The molecule has 0 nitrogen and oxygen atoms in total. The fourth-order valence-corrected chi connectivity index (χ4v) is 0. The molecule has 0 spiro atoms. The van der Waals surface area contributed by atoms with Crippen molar-refractivity contribution in [3.63, 3.8) is 0 Å². The predicted molar refractivity (Wildman–Crippen MR) is 19.2 cm³/mol. The first-order valence-corrected chi connectivity index (χ1v) is 0. The first-order chi connectivity index (χ1) is 0. The van der Waals surface area contributed by atoms with Crippen LogP contribution in [0.2, 0.25) is 0 Å². The molecule has 0 saturated heterocycles. The van der Waals surface area contributed by atoms with E-state index in [0.29, 0.717) is 0 Å². The van der Waals surface area contributed by atoms with Crippen LogP contribution < -0.4 is 17.0 Å². The summed E-state index contributed by atoms with van der Waals surface area (Å²) in [5, 5.41) is 0. The Bertz CT molecular complexity index is 6.00. The Kier molecular flexibility index (Phi) is 345. The molecule has 0 rings (SSSR count). The molecule has 0 radical (unpaired) electrons. The van der Waals surface area contributed by atoms with E-state index in [1.165, 1.54) is 0 Å². The van der Waals surface area contributed by atoms with Crippen LogP contribution in [0.15, 0.2) is 0 Å². The van der Waals surface area contributed by atoms with Gasteiger partial charge in [0.1, 0.15) is 0 Å². The topological polar surface area (TPSA) is 0 Å². The fourth-order valence-electron chi connectivity index (χ4n) is 0. The Balaban J connectivity index is 0. The summed E-state index contributed by atoms with van der Waals surface area (Å²) in [4.78, 5) is 0. The second kappa shape index (κ2) is 25.9. The van der Waals surface area contributed by atoms with Gasteiger partial charge in [0.2, 0.25) is 0 Å². The van der Waals surface area contributed by atoms with Crippen molar-refractivity contribution < 1.29 is 17.0 Å². The zero-order valence-corrected chi connectivity index (χ0v) is 7.03. The van der Waals surface area contributed by atoms with Crippen LogP contribution in [0, 0.1) is 0 Å². The maximum Gasteiger partial charge on any atom is 1.00 e. The molecule has 0 amide bonds. The molecule has 0 heterocycles. The minimum absolute atomic E-state index is 0. The summed E-state index contributed by atoms with van der Waals surface area (Å²) in [5.74, 6) is 0. The van der Waals surface area contributed by atoms with Gasteiger partial charge < -0.3 is 17.0 Å². The van der Waals surface area contributed by atoms with Crippen molar-refractivity contribution in [1.82, 2.24) is 0 Å². The van der Waals surface area contributed by atoms with Crippen LogP contribution in [0.4, 0.5) is 0 Å². The standard InChI is InChI=1S/2CH4.BrH.Tl/h2*1H4;1H;/q;;;+1/p-1. The number of hydrogen-bond donors (Lipinski definition) is 0. The molecule has 26 valence electrons. The molecule has 0 bridgehead atoms. The van der Waals surface area contributed by atoms with Crippen LogP contribution in [-0.2, 0) is 0 Å². The van der Waals surface area contributed by atoms with Gasteiger partial charge in [0.15, 0.2) is 0 Å². The Morgan fingerprint density at radius 2 is 0.750 bits per heavy atom. The number of rotatable bonds is 0. The van der Waals surface area contributed by atoms with Crippen LogP contribution in [-0.4, -0.2) is 27.3 Å². The van der Waals surface area contributed by atoms with Gasteiger partial charge in [0.25, 0.3) is 0 Å². The van der Waals surface area contributed by atoms with Crippen LogP contribution in [0.3, 0.4) is 0 Å². The van der Waals surface area contributed by atoms with E-state index in [0.717, 1.165) is 0 Å². The molecule has 0 aromatic heterocycles. The second-order valence-corrected chi connectivity index (χ2v) is 0. The molecule has 0 fully saturated rings. The van der Waals surface area contributed by atoms with Gasteiger partial charge in [-0.1, -0.05) is 14.9 Å². The Hall–Kier alpha value is 1.40. The molecular weight excluding hydrogens is 308 g/mol. The van der Waals surface area contributed by atoms with E-state index in [9.17, 15) is 0 Å². The molecule has 0 aliphatic rings. The normalized spacial score (nSPS) is 0. The molecule has 0 atom stereocenters. The van der Waals surface area contributed by atoms with E-state index in [1.54, 1.807) is 0 Å². The minimum Gasteiger partial charge on any atom is -1.00 e. The van der Waals surface area contributed by atoms with E-state index in [4.69, 9.17) is 0 Å². The van der Waals surface area contributed by atoms with Crippen molar-refractivity contribution in [3.05, 3.63) is 0 Å². The summed E-state index contributed by atoms with van der Waals surface area (Å²) in [7, 11) is 0. The summed E-state index contributed by atoms with van der Waals surface area (Å²) in [5.41, 5.74) is 0. The summed E-state index contributed by atoms with van der Waals surface area (Å²) in [6.45, 7) is 0. The molecule has 0 saturated carbocycles. The van der Waals surface area contributed by atoms with Crippen LogP contribution in [0.5, 0.6) is 0 Å². The largest absolute Gasteiger partial charge is 1.00 e. The van der Waals surface area contributed by atoms with E-state index in [1.807, 2.05) is 0 Å². The third kappa shape index (κ3) is 9.99. The van der Waals surface area contributed by atoms with E-state index in [-0.39, 0.29) is 59.1 Å². The van der Waals surface area contributed by atoms with E-state index < -0.39 is 0 Å². The van der Waals surface area contributed by atoms with Crippen molar-refractivity contribution in [2.75, 3.05) is 0 Å². The quantitative estimate of drug-likeness (QED) is 0.449. The average Bonchev–Trinajstić information content (AvgIpc) is 0. The first-order valence-electron chi connectivity index (χ1n) is 0. The fraction of sp³-hybridized carbons (Fsp3) is 1.00. The third-order valence-corrected chi connectivity index (χ3v) is 0. The third-order valence-electron chi connectivity index (χ3n) is 0. The van der Waals surface area contributed by atoms with Gasteiger partial charge >= 0.3 is 27.3 Å². The van der Waals surface area contributed by atoms with Crippen LogP contribution >= 0.6 is 0 Å². The Labute approximate surface area is 58.9 Å². The van der Waals surface area contributed by atoms with Gasteiger partial charge in [-0.05, 0) is 0 Å². The molecular formula is C2H8BrTl. The zero-order chi connectivity index (χ0) is 0. The average molecular weight is 316 g/mol. The van der Waals surface area contributed by atoms with Gasteiger partial charge in [-0.3, -0.25) is 0 Å². The van der Waals surface area contributed by atoms with Crippen molar-refractivity contribution in [2.24, 2.45) is 0 Å². The monoisotopic (exact) mass is 316 g/mol. The first kappa shape index (κ1) is 53.3. The predicted octanol–water partition coefficient (Wildman–Crippen LogP) is -2.10. The van der Waals surface area contributed by atoms with E-state index in [2.05, 4.69) is 0 Å². The summed E-state index contributed by atoms with van der Waals surface area (Å²) < 4.78 is 0. The smallest absolute Gasteiger partial charge is 1.00 e. The van der Waals surface area contributed by atoms with Crippen molar-refractivity contribution in [3.8, 4) is 0 Å². The summed E-state index contributed by atoms with van der Waals surface area (Å²) in [6, 6.07) is 0. The van der Waals surface area contributed by atoms with Gasteiger partial charge in [-0.15, -0.1) is 0 Å². The molecule has 0 unspecified atom stereocenters. The number of halogens is 1. The summed E-state index contributed by atoms with van der Waals surface area (Å²) in [6.07, 6.45) is 0. The van der Waals surface area contributed by atoms with Crippen molar-refractivity contribution in [2.45, 2.75) is 14.9 Å². The number of hydrogen-bond acceptors (Lipinski definition) is 0. The van der Waals surface area contributed by atoms with Crippen molar-refractivity contribution >= 4 is 27.3 Å². The van der Waals surface area contributed by atoms with E-state index >= 15 is 0 Å². The SMILES string of the molecule is C.C.[Br-].[Tl+]. The maximum atomic E-state index is 0. The molecule has 0 aliphatic heterocycles. The molecule has 0 N–H and O–H groups in total. The van der Waals surface area contributed by atoms with Crippen LogP contribution in [0.1, 0.15) is 14.9 Å². The van der Waals surface area contributed by atoms with Crippen molar-refractivity contribution in [1.29, 1.82) is 0 Å². The summed E-state index contributed by atoms with van der Waals surface area (Å²) >= 11 is 0. The van der Waals surface area contributed by atoms with Gasteiger partial charge in [-0.2, -0.15) is 0 Å². The molecule has 0 aliphatic carbocycles. The van der Waals surface area contributed by atoms with Crippen LogP contribution in [0.25, 0.3) is 0 Å². The molecule has 2 heteroatoms. The minimum atomic E-state index is 0. The van der Waals surface area contributed by atoms with Gasteiger partial charge in [-0.25, -0.2) is 0 Å². The second-order valence-electron chi connectivity index (χ2n) is 0. The van der Waals surface area contributed by atoms with Gasteiger partial charge in [0, 0.05) is 0 Å².